The Labute approximate surface area is 135 Å². The van der Waals surface area contributed by atoms with Crippen LogP contribution in [-0.4, -0.2) is 18.3 Å². The van der Waals surface area contributed by atoms with E-state index in [-0.39, 0.29) is 29.2 Å². The van der Waals surface area contributed by atoms with Gasteiger partial charge in [0.1, 0.15) is 0 Å². The second kappa shape index (κ2) is 4.39. The van der Waals surface area contributed by atoms with Gasteiger partial charge in [0.15, 0.2) is 0 Å². The molecule has 1 aromatic rings. The van der Waals surface area contributed by atoms with Crippen LogP contribution in [0.25, 0.3) is 0 Å². The van der Waals surface area contributed by atoms with E-state index in [1.165, 1.54) is 11.1 Å². The minimum atomic E-state index is -0.286. The van der Waals surface area contributed by atoms with Crippen LogP contribution in [0, 0.1) is 5.41 Å². The zero-order chi connectivity index (χ0) is 16.6. The number of hydrogen-bond acceptors (Lipinski definition) is 2. The van der Waals surface area contributed by atoms with Crippen molar-refractivity contribution in [3.63, 3.8) is 0 Å². The van der Waals surface area contributed by atoms with E-state index in [1.807, 2.05) is 0 Å². The van der Waals surface area contributed by atoms with Gasteiger partial charge in [0.2, 0.25) is 0 Å². The van der Waals surface area contributed by atoms with Crippen molar-refractivity contribution >= 4 is 12.6 Å². The minimum absolute atomic E-state index is 0.169. The van der Waals surface area contributed by atoms with Crippen LogP contribution in [0.3, 0.4) is 0 Å². The monoisotopic (exact) mass is 300 g/mol. The smallest absolute Gasteiger partial charge is 0.399 e. The van der Waals surface area contributed by atoms with Gasteiger partial charge in [0.25, 0.3) is 0 Å². The van der Waals surface area contributed by atoms with E-state index in [2.05, 4.69) is 73.6 Å². The molecule has 22 heavy (non-hydrogen) atoms. The lowest BCUT2D eigenvalue weighted by Gasteiger charge is -2.35. The van der Waals surface area contributed by atoms with Gasteiger partial charge in [-0.1, -0.05) is 45.9 Å². The highest BCUT2D eigenvalue weighted by Gasteiger charge is 2.52. The molecule has 0 radical (unpaired) electrons. The summed E-state index contributed by atoms with van der Waals surface area (Å²) in [7, 11) is -0.269. The normalized spacial score (nSPS) is 27.0. The van der Waals surface area contributed by atoms with E-state index < -0.39 is 0 Å². The summed E-state index contributed by atoms with van der Waals surface area (Å²) in [5.74, 6) is 0. The molecule has 1 aliphatic carbocycles. The Balaban J connectivity index is 1.98. The second-order valence-corrected chi connectivity index (χ2v) is 9.19. The summed E-state index contributed by atoms with van der Waals surface area (Å²) in [6.07, 6.45) is 1.14. The summed E-state index contributed by atoms with van der Waals surface area (Å²) in [5, 5.41) is 0. The average molecular weight is 300 g/mol. The van der Waals surface area contributed by atoms with Gasteiger partial charge in [-0.15, -0.1) is 0 Å². The molecule has 2 aliphatic rings. The maximum absolute atomic E-state index is 6.21. The average Bonchev–Trinajstić information content (AvgIpc) is 2.67. The number of fused-ring (bicyclic) bond motifs is 1. The van der Waals surface area contributed by atoms with Crippen LogP contribution in [0.1, 0.15) is 66.5 Å². The van der Waals surface area contributed by atoms with E-state index in [0.29, 0.717) is 0 Å². The first-order valence-corrected chi connectivity index (χ1v) is 8.36. The van der Waals surface area contributed by atoms with Crippen molar-refractivity contribution in [1.29, 1.82) is 0 Å². The first kappa shape index (κ1) is 16.1. The largest absolute Gasteiger partial charge is 0.494 e. The van der Waals surface area contributed by atoms with E-state index in [9.17, 15) is 0 Å². The Morgan fingerprint density at radius 3 is 1.95 bits per heavy atom. The molecule has 1 aromatic carbocycles. The first-order valence-electron chi connectivity index (χ1n) is 8.36. The molecule has 0 spiro atoms. The maximum atomic E-state index is 6.21. The zero-order valence-electron chi connectivity index (χ0n) is 15.3. The topological polar surface area (TPSA) is 18.5 Å². The van der Waals surface area contributed by atoms with Crippen molar-refractivity contribution in [2.75, 3.05) is 0 Å². The van der Waals surface area contributed by atoms with Crippen LogP contribution >= 0.6 is 0 Å². The van der Waals surface area contributed by atoms with E-state index >= 15 is 0 Å². The second-order valence-electron chi connectivity index (χ2n) is 9.19. The fourth-order valence-electron chi connectivity index (χ4n) is 3.52. The molecule has 1 saturated heterocycles. The Morgan fingerprint density at radius 1 is 0.864 bits per heavy atom. The molecule has 0 amide bonds. The van der Waals surface area contributed by atoms with E-state index in [0.717, 1.165) is 11.9 Å². The molecule has 1 aliphatic heterocycles. The summed E-state index contributed by atoms with van der Waals surface area (Å²) in [5.41, 5.74) is 3.94. The third kappa shape index (κ3) is 2.09. The van der Waals surface area contributed by atoms with Crippen LogP contribution in [0.5, 0.6) is 0 Å². The fourth-order valence-corrected chi connectivity index (χ4v) is 3.52. The summed E-state index contributed by atoms with van der Waals surface area (Å²) < 4.78 is 12.4. The fraction of sp³-hybridized carbons (Fsp3) is 0.684. The summed E-state index contributed by atoms with van der Waals surface area (Å²) in [4.78, 5) is 0. The van der Waals surface area contributed by atoms with Crippen molar-refractivity contribution in [1.82, 2.24) is 0 Å². The number of hydrogen-bond donors (Lipinski definition) is 0. The van der Waals surface area contributed by atoms with Gasteiger partial charge < -0.3 is 9.31 Å². The Hall–Kier alpha value is -0.795. The van der Waals surface area contributed by atoms with Crippen molar-refractivity contribution in [2.24, 2.45) is 5.41 Å². The quantitative estimate of drug-likeness (QED) is 0.734. The summed E-state index contributed by atoms with van der Waals surface area (Å²) >= 11 is 0. The van der Waals surface area contributed by atoms with Gasteiger partial charge >= 0.3 is 7.12 Å². The maximum Gasteiger partial charge on any atom is 0.494 e. The third-order valence-electron chi connectivity index (χ3n) is 6.66. The highest BCUT2D eigenvalue weighted by atomic mass is 16.7. The van der Waals surface area contributed by atoms with Gasteiger partial charge in [0, 0.05) is 0 Å². The third-order valence-corrected chi connectivity index (χ3v) is 6.66. The van der Waals surface area contributed by atoms with Crippen LogP contribution < -0.4 is 5.46 Å². The van der Waals surface area contributed by atoms with Crippen molar-refractivity contribution in [3.8, 4) is 0 Å². The van der Waals surface area contributed by atoms with Crippen LogP contribution in [0.2, 0.25) is 0 Å². The molecular formula is C19H29BO2. The molecule has 3 rings (SSSR count). The predicted molar refractivity (Wildman–Crippen MR) is 92.7 cm³/mol. The Morgan fingerprint density at radius 2 is 1.41 bits per heavy atom. The highest BCUT2D eigenvalue weighted by Crippen LogP contribution is 2.50. The lowest BCUT2D eigenvalue weighted by Crippen LogP contribution is -2.41. The lowest BCUT2D eigenvalue weighted by atomic mass is 9.67. The van der Waals surface area contributed by atoms with E-state index in [1.54, 1.807) is 0 Å². The van der Waals surface area contributed by atoms with Crippen molar-refractivity contribution in [2.45, 2.75) is 78.4 Å². The molecule has 0 unspecified atom stereocenters. The molecular weight excluding hydrogens is 271 g/mol. The van der Waals surface area contributed by atoms with Crippen LogP contribution in [-0.2, 0) is 21.1 Å². The minimum Gasteiger partial charge on any atom is -0.399 e. The molecule has 0 N–H and O–H groups in total. The zero-order valence-corrected chi connectivity index (χ0v) is 15.3. The van der Waals surface area contributed by atoms with Crippen molar-refractivity contribution < 1.29 is 9.31 Å². The van der Waals surface area contributed by atoms with Gasteiger partial charge in [-0.2, -0.15) is 0 Å². The van der Waals surface area contributed by atoms with Crippen LogP contribution in [0.15, 0.2) is 18.2 Å². The molecule has 3 heteroatoms. The van der Waals surface area contributed by atoms with E-state index in [4.69, 9.17) is 9.31 Å². The summed E-state index contributed by atoms with van der Waals surface area (Å²) in [6.45, 7) is 17.9. The van der Waals surface area contributed by atoms with Gasteiger partial charge in [-0.25, -0.2) is 0 Å². The summed E-state index contributed by atoms with van der Waals surface area (Å²) in [6, 6.07) is 6.76. The first-order chi connectivity index (χ1) is 9.87. The molecule has 0 aromatic heterocycles. The molecule has 0 bridgehead atoms. The highest BCUT2D eigenvalue weighted by molar-refractivity contribution is 6.62. The Kier molecular flexibility index (Phi) is 3.21. The predicted octanol–water partition coefficient (Wildman–Crippen LogP) is 3.85. The van der Waals surface area contributed by atoms with Gasteiger partial charge in [-0.05, 0) is 61.5 Å². The standard InChI is InChI=1S/C19H29BO2/c1-16(2)12-13-9-10-14(11-15(13)17(16,3)4)20-21-18(5,6)19(7,8)22-20/h9-11H,12H2,1-8H3. The molecule has 1 heterocycles. The molecule has 2 nitrogen and oxygen atoms in total. The number of rotatable bonds is 1. The SMILES string of the molecule is CC1(C)Cc2ccc(B3OC(C)(C)C(C)(C)O3)cc2C1(C)C. The van der Waals surface area contributed by atoms with Crippen molar-refractivity contribution in [3.05, 3.63) is 29.3 Å². The molecule has 0 saturated carbocycles. The molecule has 1 fully saturated rings. The lowest BCUT2D eigenvalue weighted by molar-refractivity contribution is 0.00578. The Bertz CT molecular complexity index is 598. The van der Waals surface area contributed by atoms with Gasteiger partial charge in [-0.3, -0.25) is 0 Å². The van der Waals surface area contributed by atoms with Crippen LogP contribution in [0.4, 0.5) is 0 Å². The molecule has 120 valence electrons. The molecule has 0 atom stereocenters. The van der Waals surface area contributed by atoms with Gasteiger partial charge in [0.05, 0.1) is 11.2 Å². The number of benzene rings is 1.